The third-order valence-electron chi connectivity index (χ3n) is 19.8. The van der Waals surface area contributed by atoms with E-state index >= 15 is 0 Å². The number of hydrogen-bond acceptors (Lipinski definition) is 0. The molecule has 0 heteroatoms. The van der Waals surface area contributed by atoms with E-state index in [0.29, 0.717) is 34.5 Å². The highest BCUT2D eigenvalue weighted by Gasteiger charge is 2.40. The third-order valence-corrected chi connectivity index (χ3v) is 19.8. The molecule has 0 spiro atoms. The minimum absolute atomic E-state index is 0.390. The van der Waals surface area contributed by atoms with Crippen LogP contribution >= 0.6 is 0 Å². The second kappa shape index (κ2) is 37.0. The molecule has 4 rings (SSSR count). The van der Waals surface area contributed by atoms with Gasteiger partial charge in [-0.15, -0.1) is 0 Å². The first-order valence-corrected chi connectivity index (χ1v) is 34.2. The highest BCUT2D eigenvalue weighted by atomic mass is 14.4. The first-order chi connectivity index (χ1) is 38.3. The molecule has 6 atom stereocenters. The Kier molecular flexibility index (Phi) is 32.0. The minimum Gasteiger partial charge on any atom is -0.0999 e. The van der Waals surface area contributed by atoms with Gasteiger partial charge in [0.15, 0.2) is 0 Å². The maximum atomic E-state index is 4.52. The molecule has 0 nitrogen and oxygen atoms in total. The first kappa shape index (κ1) is 69.1. The summed E-state index contributed by atoms with van der Waals surface area (Å²) in [5.41, 5.74) is 17.8. The van der Waals surface area contributed by atoms with Crippen LogP contribution in [0.2, 0.25) is 0 Å². The van der Waals surface area contributed by atoms with Crippen molar-refractivity contribution in [3.63, 3.8) is 0 Å². The van der Waals surface area contributed by atoms with Gasteiger partial charge >= 0.3 is 0 Å². The van der Waals surface area contributed by atoms with Gasteiger partial charge in [0.25, 0.3) is 0 Å². The number of unbranched alkanes of at least 4 members (excludes halogenated alkanes) is 7. The first-order valence-electron chi connectivity index (χ1n) is 34.2. The lowest BCUT2D eigenvalue weighted by Gasteiger charge is -2.33. The highest BCUT2D eigenvalue weighted by Crippen LogP contribution is 2.52. The van der Waals surface area contributed by atoms with Gasteiger partial charge in [0.1, 0.15) is 0 Å². The van der Waals surface area contributed by atoms with Crippen LogP contribution in [-0.4, -0.2) is 0 Å². The molecular formula is C80H128. The number of hydrogen-bond donors (Lipinski definition) is 0. The molecule has 0 bridgehead atoms. The van der Waals surface area contributed by atoms with Gasteiger partial charge in [0, 0.05) is 0 Å². The normalized spacial score (nSPS) is 18.7. The SMILES string of the molecule is C=C(CCCCCCCCCc1ccc2c(c1)C(C)C(C(CCC(C)C)C(=C)C)C2C)CCCC1=CCCC(CCc2cccc(CCC[C@@](C)(CC)CC(C/C=C/C(C)=C(\C=C\C)CCCCC(C)(C)CCC)CC(C)C)c2)=C1. The Balaban J connectivity index is 1.10. The molecule has 2 aliphatic rings. The van der Waals surface area contributed by atoms with E-state index in [-0.39, 0.29) is 0 Å². The smallest absolute Gasteiger partial charge is 0.0148 e. The summed E-state index contributed by atoms with van der Waals surface area (Å²) in [6.07, 6.45) is 54.3. The fraction of sp³-hybridized carbons (Fsp3) is 0.675. The minimum atomic E-state index is 0.390. The second-order valence-electron chi connectivity index (χ2n) is 28.7. The van der Waals surface area contributed by atoms with E-state index in [1.807, 2.05) is 0 Å². The molecule has 2 aromatic carbocycles. The molecule has 0 aliphatic heterocycles. The summed E-state index contributed by atoms with van der Waals surface area (Å²) in [5.74, 6) is 4.80. The molecule has 2 aromatic rings. The average Bonchev–Trinajstić information content (AvgIpc) is 3.65. The molecule has 0 heterocycles. The lowest BCUT2D eigenvalue weighted by Crippen LogP contribution is -2.22. The molecule has 0 radical (unpaired) electrons. The second-order valence-corrected chi connectivity index (χ2v) is 28.7. The van der Waals surface area contributed by atoms with Gasteiger partial charge in [-0.2, -0.15) is 0 Å². The average molecular weight is 1090 g/mol. The molecule has 2 aliphatic carbocycles. The van der Waals surface area contributed by atoms with Crippen LogP contribution < -0.4 is 0 Å². The Morgan fingerprint density at radius 1 is 0.662 bits per heavy atom. The Morgan fingerprint density at radius 3 is 2.01 bits per heavy atom. The van der Waals surface area contributed by atoms with Crippen LogP contribution in [0, 0.1) is 40.4 Å². The third kappa shape index (κ3) is 25.6. The largest absolute Gasteiger partial charge is 0.0999 e. The summed E-state index contributed by atoms with van der Waals surface area (Å²) >= 11 is 0. The van der Waals surface area contributed by atoms with E-state index in [0.717, 1.165) is 24.2 Å². The van der Waals surface area contributed by atoms with Crippen LogP contribution in [0.1, 0.15) is 316 Å². The van der Waals surface area contributed by atoms with Gasteiger partial charge in [0.2, 0.25) is 0 Å². The summed E-state index contributed by atoms with van der Waals surface area (Å²) in [7, 11) is 0. The molecule has 0 N–H and O–H groups in total. The van der Waals surface area contributed by atoms with Gasteiger partial charge in [-0.25, -0.2) is 0 Å². The lowest BCUT2D eigenvalue weighted by molar-refractivity contribution is 0.192. The van der Waals surface area contributed by atoms with Crippen LogP contribution in [-0.2, 0) is 19.3 Å². The number of fused-ring (bicyclic) bond motifs is 1. The van der Waals surface area contributed by atoms with E-state index in [9.17, 15) is 0 Å². The van der Waals surface area contributed by atoms with E-state index in [4.69, 9.17) is 0 Å². The quantitative estimate of drug-likeness (QED) is 0.0353. The van der Waals surface area contributed by atoms with Gasteiger partial charge in [-0.05, 0) is 253 Å². The van der Waals surface area contributed by atoms with Crippen molar-refractivity contribution in [2.75, 3.05) is 0 Å². The molecule has 5 unspecified atom stereocenters. The Bertz CT molecular complexity index is 2260. The molecule has 0 aromatic heterocycles. The van der Waals surface area contributed by atoms with Crippen LogP contribution in [0.25, 0.3) is 0 Å². The lowest BCUT2D eigenvalue weighted by atomic mass is 9.72. The van der Waals surface area contributed by atoms with Crippen molar-refractivity contribution < 1.29 is 0 Å². The number of aryl methyl sites for hydroxylation is 3. The van der Waals surface area contributed by atoms with Crippen molar-refractivity contribution in [2.24, 2.45) is 40.4 Å². The summed E-state index contributed by atoms with van der Waals surface area (Å²) in [4.78, 5) is 0. The fourth-order valence-electron chi connectivity index (χ4n) is 14.8. The summed E-state index contributed by atoms with van der Waals surface area (Å²) in [6.45, 7) is 42.6. The predicted molar refractivity (Wildman–Crippen MR) is 360 cm³/mol. The molecule has 0 fully saturated rings. The van der Waals surface area contributed by atoms with Crippen molar-refractivity contribution in [3.05, 3.63) is 153 Å². The zero-order valence-corrected chi connectivity index (χ0v) is 55.4. The Labute approximate surface area is 498 Å². The van der Waals surface area contributed by atoms with E-state index in [1.54, 1.807) is 27.8 Å². The van der Waals surface area contributed by atoms with Crippen molar-refractivity contribution in [1.29, 1.82) is 0 Å². The van der Waals surface area contributed by atoms with Gasteiger partial charge in [-0.1, -0.05) is 248 Å². The predicted octanol–water partition coefficient (Wildman–Crippen LogP) is 25.8. The van der Waals surface area contributed by atoms with Crippen LogP contribution in [0.3, 0.4) is 0 Å². The summed E-state index contributed by atoms with van der Waals surface area (Å²) in [6, 6.07) is 17.2. The molecule has 448 valence electrons. The Morgan fingerprint density at radius 2 is 1.32 bits per heavy atom. The zero-order chi connectivity index (χ0) is 58.5. The van der Waals surface area contributed by atoms with Crippen LogP contribution in [0.5, 0.6) is 0 Å². The van der Waals surface area contributed by atoms with Gasteiger partial charge < -0.3 is 0 Å². The van der Waals surface area contributed by atoms with Crippen LogP contribution in [0.15, 0.2) is 126 Å². The standard InChI is InChI=1S/C80H128/c1-17-34-74(46-27-28-54-79(14,15)53-18-2)65(11)37-30-44-73(56-62(6)7)60-80(16,19-3)55-33-45-69-41-32-43-71(58-69)49-48-70-42-31-40-68(57-70)39-29-36-64(10)35-25-23-21-20-22-24-26-38-72-50-52-76-66(12)78(67(13)77(76)59-72)75(63(8)9)51-47-61(4)5/h17,30,32,34,37,40-41,43,50,52,57-59,61-62,66-67,73,75,78H,8,10,18-29,31,33,35-36,38-39,42,44-49,51,53-56,60H2,1-7,9,11-16H3/b34-17+,37-30+,74-65+/t66?,67?,73?,75?,78?,80-/m1/s1. The van der Waals surface area contributed by atoms with Gasteiger partial charge in [0.05, 0.1) is 0 Å². The highest BCUT2D eigenvalue weighted by molar-refractivity contribution is 5.43. The summed E-state index contributed by atoms with van der Waals surface area (Å²) in [5, 5.41) is 0. The van der Waals surface area contributed by atoms with Crippen molar-refractivity contribution in [2.45, 2.75) is 308 Å². The molecule has 0 amide bonds. The van der Waals surface area contributed by atoms with Crippen LogP contribution in [0.4, 0.5) is 0 Å². The Hall–Kier alpha value is -3.38. The maximum Gasteiger partial charge on any atom is -0.0148 e. The molecular weight excluding hydrogens is 961 g/mol. The van der Waals surface area contributed by atoms with Crippen molar-refractivity contribution in [3.8, 4) is 0 Å². The zero-order valence-electron chi connectivity index (χ0n) is 55.4. The van der Waals surface area contributed by atoms with Gasteiger partial charge in [-0.3, -0.25) is 0 Å². The summed E-state index contributed by atoms with van der Waals surface area (Å²) < 4.78 is 0. The number of rotatable bonds is 42. The van der Waals surface area contributed by atoms with E-state index in [1.165, 1.54) is 226 Å². The number of allylic oxidation sites excluding steroid dienone is 12. The fourth-order valence-corrected chi connectivity index (χ4v) is 14.8. The van der Waals surface area contributed by atoms with Crippen molar-refractivity contribution in [1.82, 2.24) is 0 Å². The van der Waals surface area contributed by atoms with E-state index in [2.05, 4.69) is 189 Å². The monoisotopic (exact) mass is 1090 g/mol. The van der Waals surface area contributed by atoms with Crippen molar-refractivity contribution >= 4 is 0 Å². The maximum absolute atomic E-state index is 4.52. The number of benzene rings is 2. The molecule has 80 heavy (non-hydrogen) atoms. The van der Waals surface area contributed by atoms with E-state index < -0.39 is 0 Å². The molecule has 0 saturated carbocycles. The molecule has 0 saturated heterocycles. The topological polar surface area (TPSA) is 0 Å².